The summed E-state index contributed by atoms with van der Waals surface area (Å²) >= 11 is 0. The molecule has 0 aliphatic rings. The van der Waals surface area contributed by atoms with Gasteiger partial charge in [0.1, 0.15) is 13.2 Å². The van der Waals surface area contributed by atoms with Gasteiger partial charge in [0.25, 0.3) is 0 Å². The lowest BCUT2D eigenvalue weighted by Gasteiger charge is -2.18. The molecule has 0 aromatic carbocycles. The summed E-state index contributed by atoms with van der Waals surface area (Å²) in [5.74, 6) is -1.10. The van der Waals surface area contributed by atoms with Gasteiger partial charge in [0.15, 0.2) is 6.10 Å². The van der Waals surface area contributed by atoms with E-state index in [-0.39, 0.29) is 38.0 Å². The molecule has 59 heavy (non-hydrogen) atoms. The van der Waals surface area contributed by atoms with Crippen molar-refractivity contribution in [2.45, 2.75) is 207 Å². The minimum Gasteiger partial charge on any atom is -0.462 e. The van der Waals surface area contributed by atoms with E-state index in [1.807, 2.05) is 36.5 Å². The maximum Gasteiger partial charge on any atom is 0.306 e. The van der Waals surface area contributed by atoms with Crippen LogP contribution in [0.25, 0.3) is 0 Å². The molecular weight excluding hydrogens is 733 g/mol. The standard InChI is InChI=1S/C53H86O6/c1-4-7-10-13-16-19-22-25-26-29-31-34-37-40-43-46-52(55)58-49-50(59-53(56)47-44-41-38-35-32-28-24-21-18-15-12-9-6-3)48-57-51(54)45-42-39-36-33-30-27-23-20-17-14-11-8-5-2/h7,10,13,16,19,22,25-28,30,32,36,38-39,41,50H,4-6,8-9,11-12,14-15,17-18,20-21,23-24,29,31,33-35,37,40,42-49H2,1-3H3/b10-7-,16-13-,22-19-,26-25-,30-27-,32-28-,39-36-,41-38-. The zero-order valence-corrected chi connectivity index (χ0v) is 38.0. The summed E-state index contributed by atoms with van der Waals surface area (Å²) in [6.45, 7) is 6.33. The molecule has 334 valence electrons. The lowest BCUT2D eigenvalue weighted by molar-refractivity contribution is -0.166. The van der Waals surface area contributed by atoms with Gasteiger partial charge in [-0.05, 0) is 77.0 Å². The largest absolute Gasteiger partial charge is 0.462 e. The van der Waals surface area contributed by atoms with Gasteiger partial charge in [-0.1, -0.05) is 201 Å². The quantitative estimate of drug-likeness (QED) is 0.0201. The molecule has 0 aromatic heterocycles. The van der Waals surface area contributed by atoms with Gasteiger partial charge in [0.2, 0.25) is 0 Å². The van der Waals surface area contributed by atoms with Crippen LogP contribution in [-0.4, -0.2) is 37.2 Å². The normalized spacial score (nSPS) is 12.9. The van der Waals surface area contributed by atoms with Gasteiger partial charge in [-0.2, -0.15) is 0 Å². The Morgan fingerprint density at radius 3 is 1.27 bits per heavy atom. The van der Waals surface area contributed by atoms with Crippen molar-refractivity contribution >= 4 is 17.9 Å². The molecule has 0 radical (unpaired) electrons. The van der Waals surface area contributed by atoms with E-state index in [2.05, 4.69) is 81.5 Å². The molecule has 0 spiro atoms. The van der Waals surface area contributed by atoms with Crippen molar-refractivity contribution in [1.82, 2.24) is 0 Å². The van der Waals surface area contributed by atoms with Crippen LogP contribution in [-0.2, 0) is 28.6 Å². The first-order valence-electron chi connectivity index (χ1n) is 23.8. The van der Waals surface area contributed by atoms with Gasteiger partial charge < -0.3 is 14.2 Å². The summed E-state index contributed by atoms with van der Waals surface area (Å²) < 4.78 is 16.6. The first-order valence-corrected chi connectivity index (χ1v) is 23.8. The van der Waals surface area contributed by atoms with Gasteiger partial charge in [0, 0.05) is 19.3 Å². The van der Waals surface area contributed by atoms with E-state index in [1.54, 1.807) is 0 Å². The maximum atomic E-state index is 12.7. The second-order valence-electron chi connectivity index (χ2n) is 15.4. The topological polar surface area (TPSA) is 78.9 Å². The van der Waals surface area contributed by atoms with E-state index in [1.165, 1.54) is 77.0 Å². The molecule has 0 saturated carbocycles. The number of carbonyl (C=O) groups excluding carboxylic acids is 3. The highest BCUT2D eigenvalue weighted by Gasteiger charge is 2.19. The lowest BCUT2D eigenvalue weighted by Crippen LogP contribution is -2.30. The van der Waals surface area contributed by atoms with Gasteiger partial charge in [0.05, 0.1) is 0 Å². The minimum atomic E-state index is -0.839. The molecule has 0 heterocycles. The molecule has 0 aliphatic heterocycles. The van der Waals surface area contributed by atoms with Crippen molar-refractivity contribution in [2.24, 2.45) is 0 Å². The van der Waals surface area contributed by atoms with Crippen LogP contribution in [0.2, 0.25) is 0 Å². The zero-order valence-electron chi connectivity index (χ0n) is 38.0. The van der Waals surface area contributed by atoms with Crippen LogP contribution in [0.15, 0.2) is 97.2 Å². The molecular formula is C53H86O6. The number of unbranched alkanes of at least 4 members (excludes halogenated alkanes) is 17. The Morgan fingerprint density at radius 2 is 0.763 bits per heavy atom. The third-order valence-corrected chi connectivity index (χ3v) is 9.66. The van der Waals surface area contributed by atoms with E-state index in [9.17, 15) is 14.4 Å². The highest BCUT2D eigenvalue weighted by molar-refractivity contribution is 5.71. The fraction of sp³-hybridized carbons (Fsp3) is 0.642. The van der Waals surface area contributed by atoms with Crippen LogP contribution in [0, 0.1) is 0 Å². The first-order chi connectivity index (χ1) is 29.0. The van der Waals surface area contributed by atoms with Gasteiger partial charge in [-0.15, -0.1) is 0 Å². The molecule has 0 bridgehead atoms. The van der Waals surface area contributed by atoms with E-state index >= 15 is 0 Å². The summed E-state index contributed by atoms with van der Waals surface area (Å²) in [4.78, 5) is 37.8. The van der Waals surface area contributed by atoms with Crippen LogP contribution in [0.4, 0.5) is 0 Å². The Bertz CT molecular complexity index is 1220. The summed E-state index contributed by atoms with van der Waals surface area (Å²) in [7, 11) is 0. The average Bonchev–Trinajstić information content (AvgIpc) is 3.23. The molecule has 1 unspecified atom stereocenters. The summed E-state index contributed by atoms with van der Waals surface area (Å²) in [6, 6.07) is 0. The fourth-order valence-electron chi connectivity index (χ4n) is 6.09. The van der Waals surface area contributed by atoms with Gasteiger partial charge in [-0.25, -0.2) is 0 Å². The van der Waals surface area contributed by atoms with E-state index < -0.39 is 12.1 Å². The van der Waals surface area contributed by atoms with Gasteiger partial charge in [-0.3, -0.25) is 14.4 Å². The highest BCUT2D eigenvalue weighted by Crippen LogP contribution is 2.11. The molecule has 6 heteroatoms. The monoisotopic (exact) mass is 819 g/mol. The Kier molecular flexibility index (Phi) is 44.1. The molecule has 6 nitrogen and oxygen atoms in total. The molecule has 0 amide bonds. The van der Waals surface area contributed by atoms with Crippen LogP contribution in [0.3, 0.4) is 0 Å². The van der Waals surface area contributed by atoms with Crippen LogP contribution in [0.5, 0.6) is 0 Å². The van der Waals surface area contributed by atoms with Crippen molar-refractivity contribution in [1.29, 1.82) is 0 Å². The smallest absolute Gasteiger partial charge is 0.306 e. The molecule has 0 N–H and O–H groups in total. The second-order valence-corrected chi connectivity index (χ2v) is 15.4. The Labute approximate surface area is 362 Å². The predicted molar refractivity (Wildman–Crippen MR) is 251 cm³/mol. The number of allylic oxidation sites excluding steroid dienone is 16. The number of hydrogen-bond acceptors (Lipinski definition) is 6. The SMILES string of the molecule is CC\C=C/C=C\C=C/C=C\CCCCCCCC(=O)OCC(COC(=O)CC/C=C\C/C=C\CCCCCCCC)OC(=O)CC/C=C\C/C=C\CCCCCCCC. The Morgan fingerprint density at radius 1 is 0.373 bits per heavy atom. The maximum absolute atomic E-state index is 12.7. The Balaban J connectivity index is 4.58. The number of esters is 3. The molecule has 0 aromatic rings. The summed E-state index contributed by atoms with van der Waals surface area (Å²) in [5, 5.41) is 0. The van der Waals surface area contributed by atoms with Crippen LogP contribution in [0.1, 0.15) is 201 Å². The third-order valence-electron chi connectivity index (χ3n) is 9.66. The zero-order chi connectivity index (χ0) is 43.0. The van der Waals surface area contributed by atoms with Crippen molar-refractivity contribution in [3.8, 4) is 0 Å². The Hall–Kier alpha value is -3.67. The first kappa shape index (κ1) is 55.3. The molecule has 1 atom stereocenters. The van der Waals surface area contributed by atoms with Crippen LogP contribution < -0.4 is 0 Å². The number of hydrogen-bond donors (Lipinski definition) is 0. The van der Waals surface area contributed by atoms with E-state index in [0.29, 0.717) is 19.3 Å². The minimum absolute atomic E-state index is 0.131. The summed E-state index contributed by atoms with van der Waals surface area (Å²) in [6.07, 6.45) is 61.3. The number of carbonyl (C=O) groups is 3. The average molecular weight is 819 g/mol. The third kappa shape index (κ3) is 45.3. The molecule has 0 aliphatic carbocycles. The predicted octanol–water partition coefficient (Wildman–Crippen LogP) is 15.4. The highest BCUT2D eigenvalue weighted by atomic mass is 16.6. The lowest BCUT2D eigenvalue weighted by atomic mass is 10.1. The van der Waals surface area contributed by atoms with Gasteiger partial charge >= 0.3 is 17.9 Å². The van der Waals surface area contributed by atoms with E-state index in [0.717, 1.165) is 70.6 Å². The summed E-state index contributed by atoms with van der Waals surface area (Å²) in [5.41, 5.74) is 0. The second kappa shape index (κ2) is 47.0. The van der Waals surface area contributed by atoms with E-state index in [4.69, 9.17) is 14.2 Å². The van der Waals surface area contributed by atoms with Crippen molar-refractivity contribution in [2.75, 3.05) is 13.2 Å². The number of ether oxygens (including phenoxy) is 3. The molecule has 0 saturated heterocycles. The molecule has 0 fully saturated rings. The van der Waals surface area contributed by atoms with Crippen molar-refractivity contribution < 1.29 is 28.6 Å². The number of rotatable bonds is 41. The molecule has 0 rings (SSSR count). The fourth-order valence-corrected chi connectivity index (χ4v) is 6.09. The van der Waals surface area contributed by atoms with Crippen LogP contribution >= 0.6 is 0 Å². The van der Waals surface area contributed by atoms with Crippen molar-refractivity contribution in [3.63, 3.8) is 0 Å². The van der Waals surface area contributed by atoms with Crippen molar-refractivity contribution in [3.05, 3.63) is 97.2 Å².